The molecule has 0 saturated heterocycles. The van der Waals surface area contributed by atoms with Crippen LogP contribution in [0.25, 0.3) is 0 Å². The number of nitro groups is 1. The van der Waals surface area contributed by atoms with Crippen molar-refractivity contribution in [1.29, 1.82) is 0 Å². The Morgan fingerprint density at radius 1 is 1.56 bits per heavy atom. The molecule has 6 heteroatoms. The van der Waals surface area contributed by atoms with Crippen LogP contribution in [0.3, 0.4) is 0 Å². The zero-order chi connectivity index (χ0) is 12.3. The lowest BCUT2D eigenvalue weighted by Gasteiger charge is -2.07. The van der Waals surface area contributed by atoms with Crippen LogP contribution >= 0.6 is 11.6 Å². The number of carbonyl (C=O) groups is 1. The molecule has 0 fully saturated rings. The van der Waals surface area contributed by atoms with Crippen molar-refractivity contribution in [2.45, 2.75) is 13.8 Å². The predicted molar refractivity (Wildman–Crippen MR) is 59.3 cm³/mol. The molecule has 0 aliphatic carbocycles. The Morgan fingerprint density at radius 2 is 2.19 bits per heavy atom. The van der Waals surface area contributed by atoms with Crippen LogP contribution in [-0.4, -0.2) is 17.3 Å². The normalized spacial score (nSPS) is 9.94. The number of benzene rings is 1. The van der Waals surface area contributed by atoms with Crippen molar-refractivity contribution in [3.8, 4) is 5.75 Å². The standard InChI is InChI=1S/C10H10ClNO4/c1-3-16-9-5-7(11)4-8(6(2)13)10(9)12(14)15/h4-5H,3H2,1-2H3. The van der Waals surface area contributed by atoms with Crippen molar-refractivity contribution in [2.75, 3.05) is 6.61 Å². The summed E-state index contributed by atoms with van der Waals surface area (Å²) in [6.07, 6.45) is 0. The van der Waals surface area contributed by atoms with E-state index < -0.39 is 10.7 Å². The highest BCUT2D eigenvalue weighted by atomic mass is 35.5. The number of Topliss-reactive ketones (excluding diaryl/α,β-unsaturated/α-hetero) is 1. The number of nitrogens with zero attached hydrogens (tertiary/aromatic N) is 1. The van der Waals surface area contributed by atoms with Crippen molar-refractivity contribution in [1.82, 2.24) is 0 Å². The van der Waals surface area contributed by atoms with Crippen molar-refractivity contribution in [3.63, 3.8) is 0 Å². The van der Waals surface area contributed by atoms with E-state index in [4.69, 9.17) is 16.3 Å². The Balaban J connectivity index is 3.47. The van der Waals surface area contributed by atoms with Crippen LogP contribution in [0.1, 0.15) is 24.2 Å². The summed E-state index contributed by atoms with van der Waals surface area (Å²) < 4.78 is 5.09. The van der Waals surface area contributed by atoms with E-state index in [1.165, 1.54) is 19.1 Å². The highest BCUT2D eigenvalue weighted by Gasteiger charge is 2.24. The Kier molecular flexibility index (Phi) is 3.84. The first kappa shape index (κ1) is 12.4. The molecule has 5 nitrogen and oxygen atoms in total. The molecule has 0 aliphatic rings. The number of halogens is 1. The number of hydrogen-bond acceptors (Lipinski definition) is 4. The quantitative estimate of drug-likeness (QED) is 0.463. The van der Waals surface area contributed by atoms with E-state index in [1.54, 1.807) is 6.92 Å². The number of rotatable bonds is 4. The van der Waals surface area contributed by atoms with Gasteiger partial charge in [0.25, 0.3) is 0 Å². The molecule has 0 saturated carbocycles. The summed E-state index contributed by atoms with van der Waals surface area (Å²) in [7, 11) is 0. The first-order valence-electron chi connectivity index (χ1n) is 4.59. The van der Waals surface area contributed by atoms with Gasteiger partial charge >= 0.3 is 5.69 Å². The molecule has 1 aromatic rings. The summed E-state index contributed by atoms with van der Waals surface area (Å²) in [5, 5.41) is 11.1. The predicted octanol–water partition coefficient (Wildman–Crippen LogP) is 2.85. The Morgan fingerprint density at radius 3 is 2.62 bits per heavy atom. The van der Waals surface area contributed by atoms with E-state index in [0.717, 1.165) is 0 Å². The first-order valence-corrected chi connectivity index (χ1v) is 4.96. The lowest BCUT2D eigenvalue weighted by molar-refractivity contribution is -0.386. The number of ketones is 1. The van der Waals surface area contributed by atoms with Crippen LogP contribution in [0.15, 0.2) is 12.1 Å². The zero-order valence-electron chi connectivity index (χ0n) is 8.82. The number of nitro benzene ring substituents is 1. The molecule has 0 atom stereocenters. The van der Waals surface area contributed by atoms with Gasteiger partial charge < -0.3 is 4.74 Å². The largest absolute Gasteiger partial charge is 0.487 e. The van der Waals surface area contributed by atoms with Gasteiger partial charge in [0.05, 0.1) is 11.5 Å². The van der Waals surface area contributed by atoms with Gasteiger partial charge in [0, 0.05) is 11.1 Å². The van der Waals surface area contributed by atoms with Gasteiger partial charge in [-0.15, -0.1) is 0 Å². The highest BCUT2D eigenvalue weighted by molar-refractivity contribution is 6.31. The second-order valence-electron chi connectivity index (χ2n) is 3.05. The van der Waals surface area contributed by atoms with E-state index in [9.17, 15) is 14.9 Å². The van der Waals surface area contributed by atoms with E-state index in [-0.39, 0.29) is 28.6 Å². The summed E-state index contributed by atoms with van der Waals surface area (Å²) in [5.41, 5.74) is -0.375. The lowest BCUT2D eigenvalue weighted by atomic mass is 10.1. The van der Waals surface area contributed by atoms with E-state index in [2.05, 4.69) is 0 Å². The van der Waals surface area contributed by atoms with Crippen LogP contribution in [0.5, 0.6) is 5.75 Å². The fourth-order valence-corrected chi connectivity index (χ4v) is 1.50. The second-order valence-corrected chi connectivity index (χ2v) is 3.48. The molecule has 1 aromatic carbocycles. The molecule has 16 heavy (non-hydrogen) atoms. The van der Waals surface area contributed by atoms with Gasteiger partial charge in [0.2, 0.25) is 0 Å². The minimum atomic E-state index is -0.641. The van der Waals surface area contributed by atoms with Crippen molar-refractivity contribution >= 4 is 23.1 Å². The first-order chi connectivity index (χ1) is 7.47. The fourth-order valence-electron chi connectivity index (χ4n) is 1.30. The van der Waals surface area contributed by atoms with Gasteiger partial charge in [0.1, 0.15) is 5.56 Å². The van der Waals surface area contributed by atoms with Gasteiger partial charge in [-0.25, -0.2) is 0 Å². The van der Waals surface area contributed by atoms with Crippen LogP contribution in [0.4, 0.5) is 5.69 Å². The van der Waals surface area contributed by atoms with Gasteiger partial charge in [0.15, 0.2) is 11.5 Å². The van der Waals surface area contributed by atoms with Gasteiger partial charge in [-0.3, -0.25) is 14.9 Å². The maximum atomic E-state index is 11.3. The molecule has 0 bridgehead atoms. The molecule has 0 radical (unpaired) electrons. The van der Waals surface area contributed by atoms with Crippen molar-refractivity contribution in [2.24, 2.45) is 0 Å². The molecular formula is C10H10ClNO4. The lowest BCUT2D eigenvalue weighted by Crippen LogP contribution is -2.04. The minimum Gasteiger partial charge on any atom is -0.487 e. The smallest absolute Gasteiger partial charge is 0.321 e. The molecule has 0 N–H and O–H groups in total. The fraction of sp³-hybridized carbons (Fsp3) is 0.300. The van der Waals surface area contributed by atoms with Gasteiger partial charge in [-0.2, -0.15) is 0 Å². The molecule has 1 rings (SSSR count). The van der Waals surface area contributed by atoms with Gasteiger partial charge in [-0.1, -0.05) is 11.6 Å². The monoisotopic (exact) mass is 243 g/mol. The summed E-state index contributed by atoms with van der Waals surface area (Å²) in [6.45, 7) is 3.20. The maximum Gasteiger partial charge on any atom is 0.321 e. The third-order valence-corrected chi connectivity index (χ3v) is 2.12. The maximum absolute atomic E-state index is 11.3. The topological polar surface area (TPSA) is 69.4 Å². The summed E-state index contributed by atoms with van der Waals surface area (Å²) >= 11 is 5.75. The minimum absolute atomic E-state index is 0.0187. The SMILES string of the molecule is CCOc1cc(Cl)cc(C(C)=O)c1[N+](=O)[O-]. The highest BCUT2D eigenvalue weighted by Crippen LogP contribution is 2.34. The molecule has 86 valence electrons. The second kappa shape index (κ2) is 4.94. The average Bonchev–Trinajstić information content (AvgIpc) is 2.16. The average molecular weight is 244 g/mol. The molecule has 0 amide bonds. The Hall–Kier alpha value is -1.62. The van der Waals surface area contributed by atoms with Crippen LogP contribution < -0.4 is 4.74 Å². The number of carbonyl (C=O) groups excluding carboxylic acids is 1. The number of ether oxygens (including phenoxy) is 1. The summed E-state index contributed by atoms with van der Waals surface area (Å²) in [5.74, 6) is -0.402. The van der Waals surface area contributed by atoms with Crippen molar-refractivity contribution in [3.05, 3.63) is 32.8 Å². The van der Waals surface area contributed by atoms with E-state index in [0.29, 0.717) is 0 Å². The molecule has 0 heterocycles. The summed E-state index contributed by atoms with van der Waals surface area (Å²) in [4.78, 5) is 21.5. The summed E-state index contributed by atoms with van der Waals surface area (Å²) in [6, 6.07) is 2.60. The third-order valence-electron chi connectivity index (χ3n) is 1.90. The zero-order valence-corrected chi connectivity index (χ0v) is 9.58. The molecule has 0 spiro atoms. The molecule has 0 aromatic heterocycles. The van der Waals surface area contributed by atoms with Crippen LogP contribution in [0.2, 0.25) is 5.02 Å². The Labute approximate surface area is 97.1 Å². The van der Waals surface area contributed by atoms with E-state index in [1.807, 2.05) is 0 Å². The third kappa shape index (κ3) is 2.49. The van der Waals surface area contributed by atoms with Crippen LogP contribution in [-0.2, 0) is 0 Å². The van der Waals surface area contributed by atoms with Crippen LogP contribution in [0, 0.1) is 10.1 Å². The number of hydrogen-bond donors (Lipinski definition) is 0. The van der Waals surface area contributed by atoms with E-state index >= 15 is 0 Å². The molecular weight excluding hydrogens is 234 g/mol. The molecule has 0 unspecified atom stereocenters. The molecule has 0 aliphatic heterocycles. The Bertz CT molecular complexity index is 445. The van der Waals surface area contributed by atoms with Gasteiger partial charge in [-0.05, 0) is 19.9 Å². The van der Waals surface area contributed by atoms with Crippen molar-refractivity contribution < 1.29 is 14.5 Å².